The van der Waals surface area contributed by atoms with Crippen LogP contribution in [0.15, 0.2) is 40.9 Å². The van der Waals surface area contributed by atoms with Crippen LogP contribution in [0.3, 0.4) is 0 Å². The van der Waals surface area contributed by atoms with Crippen molar-refractivity contribution in [1.82, 2.24) is 0 Å². The highest BCUT2D eigenvalue weighted by Crippen LogP contribution is 2.36. The van der Waals surface area contributed by atoms with Gasteiger partial charge in [-0.1, -0.05) is 57.5 Å². The van der Waals surface area contributed by atoms with Crippen molar-refractivity contribution in [1.29, 1.82) is 0 Å². The second-order valence-corrected chi connectivity index (χ2v) is 8.21. The molecular formula is C21H25BrO2. The molecule has 0 radical (unpaired) electrons. The van der Waals surface area contributed by atoms with Crippen LogP contribution in [0.1, 0.15) is 50.4 Å². The number of benzene rings is 2. The monoisotopic (exact) mass is 388 g/mol. The van der Waals surface area contributed by atoms with Gasteiger partial charge in [-0.25, -0.2) is 4.79 Å². The molecule has 0 heterocycles. The molecule has 0 unspecified atom stereocenters. The Bertz CT molecular complexity index is 738. The second-order valence-electron chi connectivity index (χ2n) is 7.42. The zero-order valence-corrected chi connectivity index (χ0v) is 16.2. The SMILES string of the molecule is CC(C)[C@@H]1CC[C@@H](C)C[C@H]1OC(=O)c1ccc2ccccc2c1Br. The van der Waals surface area contributed by atoms with Gasteiger partial charge >= 0.3 is 5.97 Å². The first-order chi connectivity index (χ1) is 11.5. The lowest BCUT2D eigenvalue weighted by atomic mass is 9.75. The van der Waals surface area contributed by atoms with Crippen molar-refractivity contribution < 1.29 is 9.53 Å². The largest absolute Gasteiger partial charge is 0.458 e. The van der Waals surface area contributed by atoms with E-state index in [1.165, 1.54) is 6.42 Å². The Morgan fingerprint density at radius 2 is 1.92 bits per heavy atom. The van der Waals surface area contributed by atoms with E-state index in [-0.39, 0.29) is 12.1 Å². The summed E-state index contributed by atoms with van der Waals surface area (Å²) in [5, 5.41) is 2.16. The van der Waals surface area contributed by atoms with E-state index in [9.17, 15) is 4.79 Å². The summed E-state index contributed by atoms with van der Waals surface area (Å²) < 4.78 is 6.81. The lowest BCUT2D eigenvalue weighted by Gasteiger charge is -2.36. The molecule has 128 valence electrons. The Balaban J connectivity index is 1.85. The minimum absolute atomic E-state index is 0.0274. The van der Waals surface area contributed by atoms with Gasteiger partial charge in [-0.3, -0.25) is 0 Å². The number of fused-ring (bicyclic) bond motifs is 1. The average molecular weight is 389 g/mol. The fourth-order valence-corrected chi connectivity index (χ4v) is 4.50. The lowest BCUT2D eigenvalue weighted by molar-refractivity contribution is -0.0174. The standard InChI is InChI=1S/C21H25BrO2/c1-13(2)16-10-8-14(3)12-19(16)24-21(23)18-11-9-15-6-4-5-7-17(15)20(18)22/h4-7,9,11,13-14,16,19H,8,10,12H2,1-3H3/t14-,16+,19-/m1/s1. The van der Waals surface area contributed by atoms with Crippen molar-refractivity contribution >= 4 is 32.7 Å². The van der Waals surface area contributed by atoms with E-state index in [2.05, 4.69) is 36.7 Å². The van der Waals surface area contributed by atoms with E-state index < -0.39 is 0 Å². The van der Waals surface area contributed by atoms with Gasteiger partial charge in [0.25, 0.3) is 0 Å². The maximum absolute atomic E-state index is 12.8. The van der Waals surface area contributed by atoms with Gasteiger partial charge in [-0.15, -0.1) is 0 Å². The van der Waals surface area contributed by atoms with Gasteiger partial charge in [0.15, 0.2) is 0 Å². The van der Waals surface area contributed by atoms with E-state index in [1.807, 2.05) is 36.4 Å². The predicted octanol–water partition coefficient (Wildman–Crippen LogP) is 6.22. The third kappa shape index (κ3) is 3.51. The number of carbonyl (C=O) groups excluding carboxylic acids is 1. The van der Waals surface area contributed by atoms with E-state index in [0.29, 0.717) is 23.3 Å². The third-order valence-corrected chi connectivity index (χ3v) is 6.16. The molecule has 0 aromatic heterocycles. The number of hydrogen-bond acceptors (Lipinski definition) is 2. The summed E-state index contributed by atoms with van der Waals surface area (Å²) in [5.74, 6) is 1.41. The molecule has 0 bridgehead atoms. The maximum Gasteiger partial charge on any atom is 0.339 e. The zero-order valence-electron chi connectivity index (χ0n) is 14.6. The summed E-state index contributed by atoms with van der Waals surface area (Å²) in [6, 6.07) is 11.9. The Kier molecular flexibility index (Phi) is 5.29. The van der Waals surface area contributed by atoms with Gasteiger partial charge in [-0.05, 0) is 63.4 Å². The van der Waals surface area contributed by atoms with E-state index in [0.717, 1.165) is 28.1 Å². The van der Waals surface area contributed by atoms with Crippen LogP contribution in [-0.4, -0.2) is 12.1 Å². The minimum Gasteiger partial charge on any atom is -0.458 e. The fraction of sp³-hybridized carbons (Fsp3) is 0.476. The molecule has 0 saturated heterocycles. The zero-order chi connectivity index (χ0) is 17.3. The molecule has 0 aliphatic heterocycles. The number of esters is 1. The molecule has 1 aliphatic rings. The van der Waals surface area contributed by atoms with Crippen molar-refractivity contribution in [2.75, 3.05) is 0 Å². The summed E-state index contributed by atoms with van der Waals surface area (Å²) in [5.41, 5.74) is 0.620. The smallest absolute Gasteiger partial charge is 0.339 e. The molecule has 1 saturated carbocycles. The first kappa shape index (κ1) is 17.5. The van der Waals surface area contributed by atoms with Crippen LogP contribution in [0.4, 0.5) is 0 Å². The molecule has 1 fully saturated rings. The molecule has 1 aliphatic carbocycles. The van der Waals surface area contributed by atoms with Crippen molar-refractivity contribution in [3.8, 4) is 0 Å². The molecule has 2 aromatic carbocycles. The van der Waals surface area contributed by atoms with Crippen LogP contribution in [-0.2, 0) is 4.74 Å². The molecule has 24 heavy (non-hydrogen) atoms. The van der Waals surface area contributed by atoms with Crippen molar-refractivity contribution in [2.45, 2.75) is 46.1 Å². The van der Waals surface area contributed by atoms with Gasteiger partial charge in [0.2, 0.25) is 0 Å². The van der Waals surface area contributed by atoms with E-state index in [1.54, 1.807) is 0 Å². The first-order valence-electron chi connectivity index (χ1n) is 8.85. The number of rotatable bonds is 3. The van der Waals surface area contributed by atoms with Crippen LogP contribution in [0.2, 0.25) is 0 Å². The Labute approximate surface area is 152 Å². The Morgan fingerprint density at radius 1 is 1.17 bits per heavy atom. The topological polar surface area (TPSA) is 26.3 Å². The second kappa shape index (κ2) is 7.26. The first-order valence-corrected chi connectivity index (χ1v) is 9.65. The van der Waals surface area contributed by atoms with E-state index >= 15 is 0 Å². The molecular weight excluding hydrogens is 364 g/mol. The van der Waals surface area contributed by atoms with Crippen LogP contribution in [0, 0.1) is 17.8 Å². The molecule has 0 amide bonds. The molecule has 2 aromatic rings. The Hall–Kier alpha value is -1.35. The van der Waals surface area contributed by atoms with Gasteiger partial charge in [0.1, 0.15) is 6.10 Å². The molecule has 3 heteroatoms. The Morgan fingerprint density at radius 3 is 2.67 bits per heavy atom. The highest BCUT2D eigenvalue weighted by molar-refractivity contribution is 9.10. The van der Waals surface area contributed by atoms with E-state index in [4.69, 9.17) is 4.74 Å². The number of ether oxygens (including phenoxy) is 1. The molecule has 2 nitrogen and oxygen atoms in total. The summed E-state index contributed by atoms with van der Waals surface area (Å²) in [4.78, 5) is 12.8. The number of halogens is 1. The molecule has 3 atom stereocenters. The van der Waals surface area contributed by atoms with Crippen molar-refractivity contribution in [2.24, 2.45) is 17.8 Å². The summed E-state index contributed by atoms with van der Waals surface area (Å²) in [6.07, 6.45) is 3.38. The van der Waals surface area contributed by atoms with Gasteiger partial charge < -0.3 is 4.74 Å². The quantitative estimate of drug-likeness (QED) is 0.583. The maximum atomic E-state index is 12.8. The highest BCUT2D eigenvalue weighted by Gasteiger charge is 2.33. The van der Waals surface area contributed by atoms with Crippen LogP contribution >= 0.6 is 15.9 Å². The highest BCUT2D eigenvalue weighted by atomic mass is 79.9. The summed E-state index contributed by atoms with van der Waals surface area (Å²) in [7, 11) is 0. The molecule has 0 spiro atoms. The minimum atomic E-state index is -0.211. The fourth-order valence-electron chi connectivity index (χ4n) is 3.84. The van der Waals surface area contributed by atoms with Gasteiger partial charge in [-0.2, -0.15) is 0 Å². The van der Waals surface area contributed by atoms with Crippen molar-refractivity contribution in [3.05, 3.63) is 46.4 Å². The van der Waals surface area contributed by atoms with Crippen LogP contribution < -0.4 is 0 Å². The summed E-state index contributed by atoms with van der Waals surface area (Å²) in [6.45, 7) is 6.71. The molecule has 3 rings (SSSR count). The number of carbonyl (C=O) groups is 1. The van der Waals surface area contributed by atoms with Gasteiger partial charge in [0.05, 0.1) is 5.56 Å². The summed E-state index contributed by atoms with van der Waals surface area (Å²) >= 11 is 3.60. The number of hydrogen-bond donors (Lipinski definition) is 0. The van der Waals surface area contributed by atoms with Crippen molar-refractivity contribution in [3.63, 3.8) is 0 Å². The third-order valence-electron chi connectivity index (χ3n) is 5.30. The normalized spacial score (nSPS) is 24.3. The predicted molar refractivity (Wildman–Crippen MR) is 102 cm³/mol. The van der Waals surface area contributed by atoms with Gasteiger partial charge in [0, 0.05) is 4.47 Å². The molecule has 0 N–H and O–H groups in total. The average Bonchev–Trinajstić information content (AvgIpc) is 2.55. The lowest BCUT2D eigenvalue weighted by Crippen LogP contribution is -2.35. The van der Waals surface area contributed by atoms with Crippen LogP contribution in [0.25, 0.3) is 10.8 Å². The van der Waals surface area contributed by atoms with Crippen LogP contribution in [0.5, 0.6) is 0 Å².